The Morgan fingerprint density at radius 2 is 1.46 bits per heavy atom. The van der Waals surface area contributed by atoms with Crippen LogP contribution in [0.15, 0.2) is 78.9 Å². The number of halogens is 1. The van der Waals surface area contributed by atoms with E-state index in [4.69, 9.17) is 16.6 Å². The molecule has 0 atom stereocenters. The molecule has 0 saturated heterocycles. The predicted molar refractivity (Wildman–Crippen MR) is 101 cm³/mol. The summed E-state index contributed by atoms with van der Waals surface area (Å²) >= 11 is 6.43. The van der Waals surface area contributed by atoms with E-state index in [0.29, 0.717) is 5.02 Å². The molecule has 0 aliphatic carbocycles. The smallest absolute Gasteiger partial charge is 0.138 e. The number of nitrogens with zero attached hydrogens (tertiary/aromatic N) is 2. The van der Waals surface area contributed by atoms with E-state index in [9.17, 15) is 0 Å². The van der Waals surface area contributed by atoms with Crippen LogP contribution in [-0.4, -0.2) is 9.55 Å². The molecule has 116 valence electrons. The topological polar surface area (TPSA) is 17.8 Å². The van der Waals surface area contributed by atoms with Gasteiger partial charge < -0.3 is 0 Å². The normalized spacial score (nSPS) is 11.4. The van der Waals surface area contributed by atoms with Gasteiger partial charge in [-0.25, -0.2) is 4.98 Å². The molecular weight excluding hydrogens is 316 g/mol. The van der Waals surface area contributed by atoms with Crippen molar-refractivity contribution in [3.8, 4) is 5.69 Å². The van der Waals surface area contributed by atoms with Gasteiger partial charge in [-0.15, -0.1) is 0 Å². The molecule has 1 aromatic heterocycles. The van der Waals surface area contributed by atoms with Crippen molar-refractivity contribution in [2.24, 2.45) is 0 Å². The largest absolute Gasteiger partial charge is 0.291 e. The number of hydrogen-bond acceptors (Lipinski definition) is 1. The van der Waals surface area contributed by atoms with Crippen LogP contribution in [0.25, 0.3) is 28.9 Å². The Hall–Kier alpha value is -2.84. The minimum Gasteiger partial charge on any atom is -0.291 e. The van der Waals surface area contributed by atoms with E-state index >= 15 is 0 Å². The van der Waals surface area contributed by atoms with E-state index in [-0.39, 0.29) is 0 Å². The van der Waals surface area contributed by atoms with Crippen LogP contribution in [0.5, 0.6) is 0 Å². The van der Waals surface area contributed by atoms with Gasteiger partial charge in [0.2, 0.25) is 0 Å². The second-order valence-corrected chi connectivity index (χ2v) is 5.90. The molecule has 0 bridgehead atoms. The third kappa shape index (κ3) is 2.72. The van der Waals surface area contributed by atoms with Crippen molar-refractivity contribution in [2.45, 2.75) is 0 Å². The maximum Gasteiger partial charge on any atom is 0.138 e. The quantitative estimate of drug-likeness (QED) is 0.460. The van der Waals surface area contributed by atoms with Gasteiger partial charge in [0.05, 0.1) is 21.7 Å². The van der Waals surface area contributed by atoms with E-state index in [0.717, 1.165) is 28.1 Å². The molecule has 0 aliphatic heterocycles. The third-order valence-electron chi connectivity index (χ3n) is 3.90. The van der Waals surface area contributed by atoms with Gasteiger partial charge in [-0.3, -0.25) is 4.57 Å². The molecule has 0 saturated carbocycles. The minimum absolute atomic E-state index is 0.704. The zero-order valence-corrected chi connectivity index (χ0v) is 13.7. The molecule has 24 heavy (non-hydrogen) atoms. The Morgan fingerprint density at radius 1 is 0.750 bits per heavy atom. The van der Waals surface area contributed by atoms with Gasteiger partial charge >= 0.3 is 0 Å². The van der Waals surface area contributed by atoms with Gasteiger partial charge in [0.1, 0.15) is 5.82 Å². The highest BCUT2D eigenvalue weighted by Gasteiger charge is 2.12. The van der Waals surface area contributed by atoms with Crippen LogP contribution < -0.4 is 0 Å². The van der Waals surface area contributed by atoms with E-state index in [1.165, 1.54) is 0 Å². The lowest BCUT2D eigenvalue weighted by Gasteiger charge is -2.09. The van der Waals surface area contributed by atoms with Crippen LogP contribution in [0.1, 0.15) is 11.4 Å². The summed E-state index contributed by atoms with van der Waals surface area (Å²) in [6.07, 6.45) is 4.09. The van der Waals surface area contributed by atoms with Crippen molar-refractivity contribution in [1.82, 2.24) is 9.55 Å². The average molecular weight is 331 g/mol. The lowest BCUT2D eigenvalue weighted by molar-refractivity contribution is 1.07. The van der Waals surface area contributed by atoms with Crippen LogP contribution >= 0.6 is 11.6 Å². The lowest BCUT2D eigenvalue weighted by Crippen LogP contribution is -1.97. The summed E-state index contributed by atoms with van der Waals surface area (Å²) in [5.74, 6) is 0.855. The highest BCUT2D eigenvalue weighted by Crippen LogP contribution is 2.27. The number of rotatable bonds is 3. The molecule has 3 aromatic carbocycles. The summed E-state index contributed by atoms with van der Waals surface area (Å²) < 4.78 is 2.09. The van der Waals surface area contributed by atoms with Crippen molar-refractivity contribution in [3.63, 3.8) is 0 Å². The van der Waals surface area contributed by atoms with Gasteiger partial charge in [-0.1, -0.05) is 72.3 Å². The molecule has 4 aromatic rings. The Labute approximate surface area is 145 Å². The van der Waals surface area contributed by atoms with Crippen molar-refractivity contribution in [2.75, 3.05) is 0 Å². The van der Waals surface area contributed by atoms with Crippen molar-refractivity contribution in [1.29, 1.82) is 0 Å². The summed E-state index contributed by atoms with van der Waals surface area (Å²) in [7, 11) is 0. The number of aromatic nitrogens is 2. The predicted octanol–water partition coefficient (Wildman–Crippen LogP) is 5.85. The van der Waals surface area contributed by atoms with E-state index < -0.39 is 0 Å². The zero-order valence-electron chi connectivity index (χ0n) is 12.9. The lowest BCUT2D eigenvalue weighted by atomic mass is 10.2. The van der Waals surface area contributed by atoms with Crippen LogP contribution in [0.3, 0.4) is 0 Å². The van der Waals surface area contributed by atoms with E-state index in [1.807, 2.05) is 66.7 Å². The minimum atomic E-state index is 0.704. The summed E-state index contributed by atoms with van der Waals surface area (Å²) in [5.41, 5.74) is 4.05. The highest BCUT2D eigenvalue weighted by molar-refractivity contribution is 6.32. The molecule has 0 fully saturated rings. The maximum absolute atomic E-state index is 6.43. The molecule has 2 nitrogen and oxygen atoms in total. The first-order valence-corrected chi connectivity index (χ1v) is 8.16. The third-order valence-corrected chi connectivity index (χ3v) is 4.22. The maximum atomic E-state index is 6.43. The molecule has 0 aliphatic rings. The van der Waals surface area contributed by atoms with Crippen molar-refractivity contribution < 1.29 is 0 Å². The van der Waals surface area contributed by atoms with Crippen molar-refractivity contribution in [3.05, 3.63) is 95.3 Å². The second kappa shape index (κ2) is 6.34. The van der Waals surface area contributed by atoms with E-state index in [1.54, 1.807) is 0 Å². The van der Waals surface area contributed by atoms with Crippen LogP contribution in [0.2, 0.25) is 5.02 Å². The SMILES string of the molecule is Clc1ccccc1-n1c(/C=C/c2ccccc2)nc2ccccc21. The summed E-state index contributed by atoms with van der Waals surface area (Å²) in [4.78, 5) is 4.76. The van der Waals surface area contributed by atoms with Gasteiger partial charge in [-0.05, 0) is 35.9 Å². The summed E-state index contributed by atoms with van der Waals surface area (Å²) in [6.45, 7) is 0. The molecule has 0 unspecified atom stereocenters. The standard InChI is InChI=1S/C21H15ClN2/c22-17-10-4-6-12-19(17)24-20-13-7-5-11-18(20)23-21(24)15-14-16-8-2-1-3-9-16/h1-15H/b15-14+. The zero-order chi connectivity index (χ0) is 16.4. The molecule has 0 radical (unpaired) electrons. The first-order chi connectivity index (χ1) is 11.8. The van der Waals surface area contributed by atoms with Crippen LogP contribution in [-0.2, 0) is 0 Å². The number of fused-ring (bicyclic) bond motifs is 1. The fourth-order valence-corrected chi connectivity index (χ4v) is 3.00. The second-order valence-electron chi connectivity index (χ2n) is 5.49. The molecule has 3 heteroatoms. The Balaban J connectivity index is 1.91. The first kappa shape index (κ1) is 14.7. The first-order valence-electron chi connectivity index (χ1n) is 7.78. The monoisotopic (exact) mass is 330 g/mol. The van der Waals surface area contributed by atoms with Gasteiger partial charge in [0.25, 0.3) is 0 Å². The fourth-order valence-electron chi connectivity index (χ4n) is 2.78. The molecular formula is C21H15ClN2. The van der Waals surface area contributed by atoms with E-state index in [2.05, 4.69) is 28.8 Å². The summed E-state index contributed by atoms with van der Waals surface area (Å²) in [6, 6.07) is 26.1. The highest BCUT2D eigenvalue weighted by atomic mass is 35.5. The number of hydrogen-bond donors (Lipinski definition) is 0. The molecule has 4 rings (SSSR count). The molecule has 0 amide bonds. The average Bonchev–Trinajstić information content (AvgIpc) is 2.99. The van der Waals surface area contributed by atoms with Crippen LogP contribution in [0, 0.1) is 0 Å². The van der Waals surface area contributed by atoms with Crippen molar-refractivity contribution >= 4 is 34.8 Å². The Bertz CT molecular complexity index is 1020. The number of para-hydroxylation sites is 3. The number of imidazole rings is 1. The van der Waals surface area contributed by atoms with Crippen LogP contribution in [0.4, 0.5) is 0 Å². The van der Waals surface area contributed by atoms with Gasteiger partial charge in [-0.2, -0.15) is 0 Å². The molecule has 1 heterocycles. The Morgan fingerprint density at radius 3 is 2.29 bits per heavy atom. The fraction of sp³-hybridized carbons (Fsp3) is 0. The van der Waals surface area contributed by atoms with Gasteiger partial charge in [0.15, 0.2) is 0 Å². The Kier molecular flexibility index (Phi) is 3.89. The molecule has 0 N–H and O–H groups in total. The van der Waals surface area contributed by atoms with Gasteiger partial charge in [0, 0.05) is 0 Å². The number of benzene rings is 3. The molecule has 0 spiro atoms. The summed E-state index contributed by atoms with van der Waals surface area (Å²) in [5, 5.41) is 0.704.